The largest absolute Gasteiger partial charge is 0.453 e. The van der Waals surface area contributed by atoms with Gasteiger partial charge in [-0.15, -0.1) is 0 Å². The molecule has 0 spiro atoms. The van der Waals surface area contributed by atoms with E-state index >= 15 is 0 Å². The zero-order valence-electron chi connectivity index (χ0n) is 13.1. The van der Waals surface area contributed by atoms with Gasteiger partial charge < -0.3 is 10.1 Å². The SMILES string of the molecule is COC(=O)NC(=O)[C@H](C)SC1=C(C#N)C(C)(C)[C@H](C#N)C(=O)N1. The summed E-state index contributed by atoms with van der Waals surface area (Å²) in [6.07, 6.45) is -0.894. The van der Waals surface area contributed by atoms with E-state index in [4.69, 9.17) is 5.26 Å². The fourth-order valence-corrected chi connectivity index (χ4v) is 3.10. The first-order valence-corrected chi connectivity index (χ1v) is 7.47. The van der Waals surface area contributed by atoms with E-state index in [2.05, 4.69) is 10.1 Å². The maximum Gasteiger partial charge on any atom is 0.413 e. The molecule has 0 aromatic carbocycles. The van der Waals surface area contributed by atoms with Crippen molar-refractivity contribution in [3.8, 4) is 12.1 Å². The zero-order valence-corrected chi connectivity index (χ0v) is 13.9. The quantitative estimate of drug-likeness (QED) is 0.786. The first-order chi connectivity index (χ1) is 10.7. The Morgan fingerprint density at radius 3 is 2.52 bits per heavy atom. The highest BCUT2D eigenvalue weighted by molar-refractivity contribution is 8.04. The number of carbonyl (C=O) groups excluding carboxylic acids is 3. The van der Waals surface area contributed by atoms with Gasteiger partial charge in [0.05, 0.1) is 35.1 Å². The van der Waals surface area contributed by atoms with Crippen molar-refractivity contribution in [3.05, 3.63) is 10.6 Å². The molecule has 0 saturated heterocycles. The van der Waals surface area contributed by atoms with Crippen LogP contribution in [0.3, 0.4) is 0 Å². The normalized spacial score (nSPS) is 20.6. The summed E-state index contributed by atoms with van der Waals surface area (Å²) in [6.45, 7) is 4.76. The molecule has 0 bridgehead atoms. The van der Waals surface area contributed by atoms with Gasteiger partial charge in [0.2, 0.25) is 11.8 Å². The lowest BCUT2D eigenvalue weighted by Crippen LogP contribution is -2.45. The van der Waals surface area contributed by atoms with Gasteiger partial charge in [0.1, 0.15) is 5.92 Å². The summed E-state index contributed by atoms with van der Waals surface area (Å²) >= 11 is 0.928. The second-order valence-electron chi connectivity index (χ2n) is 5.33. The minimum atomic E-state index is -0.999. The number of thioether (sulfide) groups is 1. The summed E-state index contributed by atoms with van der Waals surface area (Å²) < 4.78 is 4.33. The van der Waals surface area contributed by atoms with Crippen LogP contribution >= 0.6 is 11.8 Å². The zero-order chi connectivity index (χ0) is 17.8. The van der Waals surface area contributed by atoms with Crippen molar-refractivity contribution < 1.29 is 19.1 Å². The lowest BCUT2D eigenvalue weighted by molar-refractivity contribution is -0.125. The second kappa shape index (κ2) is 7.16. The predicted molar refractivity (Wildman–Crippen MR) is 81.3 cm³/mol. The Labute approximate surface area is 137 Å². The van der Waals surface area contributed by atoms with Crippen molar-refractivity contribution >= 4 is 29.7 Å². The van der Waals surface area contributed by atoms with E-state index in [1.165, 1.54) is 6.92 Å². The molecule has 0 unspecified atom stereocenters. The predicted octanol–water partition coefficient (Wildman–Crippen LogP) is 1.02. The summed E-state index contributed by atoms with van der Waals surface area (Å²) in [7, 11) is 1.13. The number of amides is 3. The Kier molecular flexibility index (Phi) is 5.77. The van der Waals surface area contributed by atoms with Crippen LogP contribution in [0.2, 0.25) is 0 Å². The standard InChI is InChI=1S/C14H16N4O4S/c1-7(10(19)18-13(21)22-4)23-12-9(6-16)14(2,3)8(5-15)11(20)17-12/h7-8H,1-4H3,(H,17,20)(H,18,19,21)/t7-,8+/m0/s1. The number of imide groups is 1. The van der Waals surface area contributed by atoms with Gasteiger partial charge in [0, 0.05) is 5.41 Å². The third kappa shape index (κ3) is 3.82. The molecule has 2 N–H and O–H groups in total. The number of hydrogen-bond acceptors (Lipinski definition) is 7. The first-order valence-electron chi connectivity index (χ1n) is 6.59. The van der Waals surface area contributed by atoms with Crippen LogP contribution in [0, 0.1) is 34.0 Å². The van der Waals surface area contributed by atoms with Crippen molar-refractivity contribution in [1.29, 1.82) is 10.5 Å². The molecule has 1 rings (SSSR count). The number of methoxy groups -OCH3 is 1. The molecule has 1 heterocycles. The van der Waals surface area contributed by atoms with Crippen molar-refractivity contribution in [1.82, 2.24) is 10.6 Å². The molecule has 8 nitrogen and oxygen atoms in total. The Bertz CT molecular complexity index is 657. The number of ether oxygens (including phenoxy) is 1. The second-order valence-corrected chi connectivity index (χ2v) is 6.68. The van der Waals surface area contributed by atoms with E-state index in [-0.39, 0.29) is 10.6 Å². The van der Waals surface area contributed by atoms with Crippen molar-refractivity contribution in [2.75, 3.05) is 7.11 Å². The molecule has 0 fully saturated rings. The van der Waals surface area contributed by atoms with E-state index in [1.807, 2.05) is 17.5 Å². The smallest absolute Gasteiger partial charge is 0.413 e. The summed E-state index contributed by atoms with van der Waals surface area (Å²) in [5.41, 5.74) is -0.765. The van der Waals surface area contributed by atoms with Crippen molar-refractivity contribution in [2.45, 2.75) is 26.0 Å². The van der Waals surface area contributed by atoms with Gasteiger partial charge in [0.25, 0.3) is 0 Å². The molecule has 0 aromatic rings. The molecule has 0 aliphatic carbocycles. The van der Waals surface area contributed by atoms with Gasteiger partial charge in [-0.1, -0.05) is 25.6 Å². The molecular weight excluding hydrogens is 320 g/mol. The van der Waals surface area contributed by atoms with Crippen LogP contribution in [0.5, 0.6) is 0 Å². The highest BCUT2D eigenvalue weighted by Gasteiger charge is 2.45. The van der Waals surface area contributed by atoms with E-state index in [9.17, 15) is 19.6 Å². The number of rotatable bonds is 3. The van der Waals surface area contributed by atoms with Crippen LogP contribution in [-0.4, -0.2) is 30.3 Å². The van der Waals surface area contributed by atoms with Crippen molar-refractivity contribution in [2.24, 2.45) is 11.3 Å². The van der Waals surface area contributed by atoms with Crippen LogP contribution in [-0.2, 0) is 14.3 Å². The molecule has 1 aliphatic rings. The topological polar surface area (TPSA) is 132 Å². The van der Waals surface area contributed by atoms with Gasteiger partial charge in [-0.25, -0.2) is 4.79 Å². The van der Waals surface area contributed by atoms with Crippen LogP contribution in [0.15, 0.2) is 10.6 Å². The highest BCUT2D eigenvalue weighted by Crippen LogP contribution is 2.42. The Morgan fingerprint density at radius 1 is 1.43 bits per heavy atom. The molecular formula is C14H16N4O4S. The molecule has 0 aromatic heterocycles. The minimum absolute atomic E-state index is 0.210. The lowest BCUT2D eigenvalue weighted by Gasteiger charge is -2.35. The summed E-state index contributed by atoms with van der Waals surface area (Å²) in [5.74, 6) is -2.15. The third-order valence-corrected chi connectivity index (χ3v) is 4.52. The Morgan fingerprint density at radius 2 is 2.04 bits per heavy atom. The van der Waals surface area contributed by atoms with Crippen LogP contribution in [0.25, 0.3) is 0 Å². The maximum atomic E-state index is 12.0. The Balaban J connectivity index is 3.06. The monoisotopic (exact) mass is 336 g/mol. The van der Waals surface area contributed by atoms with Gasteiger partial charge >= 0.3 is 6.09 Å². The number of allylic oxidation sites excluding steroid dienone is 1. The van der Waals surface area contributed by atoms with Gasteiger partial charge in [-0.3, -0.25) is 14.9 Å². The van der Waals surface area contributed by atoms with Crippen LogP contribution in [0.1, 0.15) is 20.8 Å². The van der Waals surface area contributed by atoms with E-state index in [1.54, 1.807) is 13.8 Å². The fraction of sp³-hybridized carbons (Fsp3) is 0.500. The molecule has 122 valence electrons. The number of nitrogens with one attached hydrogen (secondary N) is 2. The van der Waals surface area contributed by atoms with Crippen LogP contribution in [0.4, 0.5) is 4.79 Å². The van der Waals surface area contributed by atoms with Crippen LogP contribution < -0.4 is 10.6 Å². The third-order valence-electron chi connectivity index (χ3n) is 3.41. The fourth-order valence-electron chi connectivity index (χ4n) is 2.00. The van der Waals surface area contributed by atoms with Crippen molar-refractivity contribution in [3.63, 3.8) is 0 Å². The van der Waals surface area contributed by atoms with E-state index in [0.29, 0.717) is 0 Å². The van der Waals surface area contributed by atoms with Gasteiger partial charge in [-0.2, -0.15) is 10.5 Å². The average molecular weight is 336 g/mol. The molecule has 0 radical (unpaired) electrons. The molecule has 1 aliphatic heterocycles. The van der Waals surface area contributed by atoms with E-state index < -0.39 is 34.5 Å². The maximum absolute atomic E-state index is 12.0. The summed E-state index contributed by atoms with van der Waals surface area (Å²) in [6, 6.07) is 3.89. The van der Waals surface area contributed by atoms with Gasteiger partial charge in [0.15, 0.2) is 0 Å². The molecule has 0 saturated carbocycles. The first kappa shape index (κ1) is 18.5. The molecule has 23 heavy (non-hydrogen) atoms. The van der Waals surface area contributed by atoms with Gasteiger partial charge in [-0.05, 0) is 6.92 Å². The van der Waals surface area contributed by atoms with E-state index in [0.717, 1.165) is 18.9 Å². The summed E-state index contributed by atoms with van der Waals surface area (Å²) in [5, 5.41) is 22.5. The minimum Gasteiger partial charge on any atom is -0.453 e. The number of hydrogen-bond donors (Lipinski definition) is 2. The number of nitriles is 2. The number of carbonyl (C=O) groups is 3. The molecule has 9 heteroatoms. The Hall–Kier alpha value is -2.52. The highest BCUT2D eigenvalue weighted by atomic mass is 32.2. The molecule has 2 atom stereocenters. The number of alkyl carbamates (subject to hydrolysis) is 1. The lowest BCUT2D eigenvalue weighted by atomic mass is 9.72. The average Bonchev–Trinajstić information content (AvgIpc) is 2.46. The molecule has 3 amide bonds. The summed E-state index contributed by atoms with van der Waals surface area (Å²) in [4.78, 5) is 34.9. The number of nitrogens with zero attached hydrogens (tertiary/aromatic N) is 2.